The first-order valence-corrected chi connectivity index (χ1v) is 14.4. The summed E-state index contributed by atoms with van der Waals surface area (Å²) in [6.45, 7) is 11.0. The fourth-order valence-corrected chi connectivity index (χ4v) is 4.56. The number of carbonyl (C=O) groups is 3. The number of likely N-dealkylation sites (tertiary alicyclic amines) is 1. The summed E-state index contributed by atoms with van der Waals surface area (Å²) in [4.78, 5) is 41.4. The molecule has 0 radical (unpaired) electrons. The van der Waals surface area contributed by atoms with Crippen LogP contribution in [0.1, 0.15) is 71.4 Å². The number of amides is 3. The van der Waals surface area contributed by atoms with E-state index in [1.165, 1.54) is 0 Å². The molecule has 2 unspecified atom stereocenters. The van der Waals surface area contributed by atoms with Crippen LogP contribution in [-0.2, 0) is 27.4 Å². The van der Waals surface area contributed by atoms with E-state index >= 15 is 0 Å². The van der Waals surface area contributed by atoms with E-state index in [-0.39, 0.29) is 18.4 Å². The number of hydrogen-bond donors (Lipinski definition) is 2. The normalized spacial score (nSPS) is 15.5. The molecule has 2 aromatic carbocycles. The number of rotatable bonds is 10. The molecule has 40 heavy (non-hydrogen) atoms. The minimum atomic E-state index is -0.917. The molecule has 2 aromatic rings. The van der Waals surface area contributed by atoms with Crippen LogP contribution in [0.4, 0.5) is 4.79 Å². The molecule has 8 heteroatoms. The second-order valence-electron chi connectivity index (χ2n) is 11.8. The van der Waals surface area contributed by atoms with Gasteiger partial charge in [0.15, 0.2) is 0 Å². The van der Waals surface area contributed by atoms with Crippen LogP contribution in [-0.4, -0.2) is 53.6 Å². The number of carbonyl (C=O) groups excluding carboxylic acids is 3. The fraction of sp³-hybridized carbons (Fsp3) is 0.531. The third-order valence-electron chi connectivity index (χ3n) is 6.74. The molecule has 1 heterocycles. The average molecular weight is 552 g/mol. The van der Waals surface area contributed by atoms with Gasteiger partial charge in [0.05, 0.1) is 0 Å². The predicted octanol–water partition coefficient (Wildman–Crippen LogP) is 5.24. The number of esters is 1. The number of nitrogens with zero attached hydrogens (tertiary/aromatic N) is 1. The summed E-state index contributed by atoms with van der Waals surface area (Å²) in [6, 6.07) is 15.4. The Labute approximate surface area is 238 Å². The molecule has 0 spiro atoms. The average Bonchev–Trinajstić information content (AvgIpc) is 3.20. The van der Waals surface area contributed by atoms with Gasteiger partial charge in [-0.2, -0.15) is 0 Å². The summed E-state index contributed by atoms with van der Waals surface area (Å²) in [5.41, 5.74) is 1.20. The van der Waals surface area contributed by atoms with Crippen molar-refractivity contribution in [2.24, 2.45) is 5.92 Å². The molecule has 0 aromatic heterocycles. The molecule has 218 valence electrons. The van der Waals surface area contributed by atoms with E-state index in [1.807, 2.05) is 68.4 Å². The highest BCUT2D eigenvalue weighted by Gasteiger charge is 2.32. The van der Waals surface area contributed by atoms with Crippen LogP contribution in [0.25, 0.3) is 0 Å². The zero-order valence-corrected chi connectivity index (χ0v) is 24.6. The monoisotopic (exact) mass is 551 g/mol. The topological polar surface area (TPSA) is 97.0 Å². The summed E-state index contributed by atoms with van der Waals surface area (Å²) < 4.78 is 11.5. The number of nitrogens with one attached hydrogen (secondary N) is 2. The third-order valence-corrected chi connectivity index (χ3v) is 6.74. The summed E-state index contributed by atoms with van der Waals surface area (Å²) in [7, 11) is 0. The Balaban J connectivity index is 1.68. The molecule has 1 fully saturated rings. The molecule has 1 saturated heterocycles. The minimum Gasteiger partial charge on any atom is -0.489 e. The van der Waals surface area contributed by atoms with E-state index in [0.29, 0.717) is 25.4 Å². The van der Waals surface area contributed by atoms with Crippen molar-refractivity contribution >= 4 is 17.9 Å². The van der Waals surface area contributed by atoms with E-state index < -0.39 is 29.6 Å². The van der Waals surface area contributed by atoms with Crippen molar-refractivity contribution in [3.63, 3.8) is 0 Å². The Bertz CT molecular complexity index is 1090. The Hall–Kier alpha value is -3.55. The highest BCUT2D eigenvalue weighted by molar-refractivity contribution is 5.90. The summed E-state index contributed by atoms with van der Waals surface area (Å²) in [5, 5.41) is 5.78. The van der Waals surface area contributed by atoms with E-state index in [0.717, 1.165) is 36.8 Å². The lowest BCUT2D eigenvalue weighted by Crippen LogP contribution is -2.57. The van der Waals surface area contributed by atoms with Gasteiger partial charge in [0.25, 0.3) is 0 Å². The van der Waals surface area contributed by atoms with Crippen LogP contribution in [0.5, 0.6) is 5.75 Å². The number of hydrogen-bond acceptors (Lipinski definition) is 5. The van der Waals surface area contributed by atoms with Crippen LogP contribution in [0.2, 0.25) is 0 Å². The maximum absolute atomic E-state index is 13.4. The van der Waals surface area contributed by atoms with Crippen molar-refractivity contribution in [2.45, 2.75) is 91.0 Å². The van der Waals surface area contributed by atoms with Gasteiger partial charge < -0.3 is 25.0 Å². The Morgan fingerprint density at radius 2 is 1.48 bits per heavy atom. The molecule has 0 saturated carbocycles. The first-order valence-electron chi connectivity index (χ1n) is 14.4. The number of ether oxygens (including phenoxy) is 2. The van der Waals surface area contributed by atoms with Gasteiger partial charge in [-0.1, -0.05) is 69.2 Å². The third kappa shape index (κ3) is 10.2. The molecular weight excluding hydrogens is 506 g/mol. The molecule has 3 amide bonds. The second kappa shape index (κ2) is 14.7. The van der Waals surface area contributed by atoms with Gasteiger partial charge in [0.2, 0.25) is 5.91 Å². The van der Waals surface area contributed by atoms with Crippen LogP contribution in [0.3, 0.4) is 0 Å². The second-order valence-corrected chi connectivity index (χ2v) is 11.8. The molecular formula is C32H45N3O5. The first-order chi connectivity index (χ1) is 19.0. The maximum Gasteiger partial charge on any atom is 0.329 e. The van der Waals surface area contributed by atoms with Gasteiger partial charge in [-0.25, -0.2) is 9.59 Å². The van der Waals surface area contributed by atoms with E-state index in [1.54, 1.807) is 25.7 Å². The Morgan fingerprint density at radius 3 is 2.05 bits per heavy atom. The smallest absolute Gasteiger partial charge is 0.329 e. The molecule has 2 N–H and O–H groups in total. The lowest BCUT2D eigenvalue weighted by atomic mass is 10.0. The van der Waals surface area contributed by atoms with Crippen molar-refractivity contribution in [2.75, 3.05) is 13.1 Å². The SMILES string of the molecule is CC(C)C(NC(=O)N1CCCCCC1)C(=O)NC(Cc1ccc(OCc2ccccc2)cc1)C(=O)OC(C)(C)C. The first kappa shape index (κ1) is 31.0. The quantitative estimate of drug-likeness (QED) is 0.394. The van der Waals surface area contributed by atoms with Crippen molar-refractivity contribution in [3.05, 3.63) is 65.7 Å². The zero-order valence-electron chi connectivity index (χ0n) is 24.6. The van der Waals surface area contributed by atoms with Gasteiger partial charge in [0, 0.05) is 19.5 Å². The van der Waals surface area contributed by atoms with Crippen molar-refractivity contribution in [1.82, 2.24) is 15.5 Å². The number of urea groups is 1. The van der Waals surface area contributed by atoms with Gasteiger partial charge in [0.1, 0.15) is 30.0 Å². The lowest BCUT2D eigenvalue weighted by Gasteiger charge is -2.29. The molecule has 3 rings (SSSR count). The Kier molecular flexibility index (Phi) is 11.4. The summed E-state index contributed by atoms with van der Waals surface area (Å²) in [6.07, 6.45) is 4.38. The molecule has 8 nitrogen and oxygen atoms in total. The van der Waals surface area contributed by atoms with Crippen LogP contribution in [0.15, 0.2) is 54.6 Å². The van der Waals surface area contributed by atoms with E-state index in [4.69, 9.17) is 9.47 Å². The van der Waals surface area contributed by atoms with Gasteiger partial charge in [-0.05, 0) is 62.8 Å². The highest BCUT2D eigenvalue weighted by atomic mass is 16.6. The predicted molar refractivity (Wildman–Crippen MR) is 156 cm³/mol. The molecule has 2 atom stereocenters. The van der Waals surface area contributed by atoms with Crippen LogP contribution >= 0.6 is 0 Å². The van der Waals surface area contributed by atoms with Crippen molar-refractivity contribution in [1.29, 1.82) is 0 Å². The van der Waals surface area contributed by atoms with Crippen LogP contribution in [0, 0.1) is 5.92 Å². The van der Waals surface area contributed by atoms with Gasteiger partial charge >= 0.3 is 12.0 Å². The minimum absolute atomic E-state index is 0.170. The maximum atomic E-state index is 13.4. The summed E-state index contributed by atoms with van der Waals surface area (Å²) >= 11 is 0. The molecule has 0 bridgehead atoms. The Morgan fingerprint density at radius 1 is 0.850 bits per heavy atom. The molecule has 0 aliphatic carbocycles. The van der Waals surface area contributed by atoms with E-state index in [2.05, 4.69) is 10.6 Å². The van der Waals surface area contributed by atoms with Crippen molar-refractivity contribution in [3.8, 4) is 5.75 Å². The molecule has 1 aliphatic rings. The highest BCUT2D eigenvalue weighted by Crippen LogP contribution is 2.18. The van der Waals surface area contributed by atoms with E-state index in [9.17, 15) is 14.4 Å². The summed E-state index contributed by atoms with van der Waals surface area (Å²) in [5.74, 6) is -0.388. The molecule has 1 aliphatic heterocycles. The zero-order chi connectivity index (χ0) is 29.1. The van der Waals surface area contributed by atoms with Crippen LogP contribution < -0.4 is 15.4 Å². The van der Waals surface area contributed by atoms with Gasteiger partial charge in [-0.15, -0.1) is 0 Å². The van der Waals surface area contributed by atoms with Crippen molar-refractivity contribution < 1.29 is 23.9 Å². The lowest BCUT2D eigenvalue weighted by molar-refractivity contribution is -0.158. The number of benzene rings is 2. The van der Waals surface area contributed by atoms with Gasteiger partial charge in [-0.3, -0.25) is 4.79 Å². The standard InChI is InChI=1S/C32H45N3O5/c1-23(2)28(34-31(38)35-19-11-6-7-12-20-35)29(36)33-27(30(37)40-32(3,4)5)21-24-15-17-26(18-16-24)39-22-25-13-9-8-10-14-25/h8-10,13-18,23,27-28H,6-7,11-12,19-22H2,1-5H3,(H,33,36)(H,34,38). The fourth-order valence-electron chi connectivity index (χ4n) is 4.56. The largest absolute Gasteiger partial charge is 0.489 e.